The van der Waals surface area contributed by atoms with Crippen LogP contribution in [0.5, 0.6) is 0 Å². The van der Waals surface area contributed by atoms with Gasteiger partial charge in [-0.3, -0.25) is 0 Å². The first-order valence-corrected chi connectivity index (χ1v) is 12.3. The molecular weight excluding hydrogens is 410 g/mol. The Kier molecular flexibility index (Phi) is 7.10. The number of sulfone groups is 1. The summed E-state index contributed by atoms with van der Waals surface area (Å²) in [7, 11) is -3.35. The molecule has 2 aromatic carbocycles. The van der Waals surface area contributed by atoms with Gasteiger partial charge >= 0.3 is 0 Å². The van der Waals surface area contributed by atoms with Crippen LogP contribution < -0.4 is 4.90 Å². The second kappa shape index (κ2) is 9.44. The van der Waals surface area contributed by atoms with Gasteiger partial charge in [0.1, 0.15) is 6.10 Å². The first-order chi connectivity index (χ1) is 14.6. The number of aliphatic hydroxyl groups is 2. The summed E-state index contributed by atoms with van der Waals surface area (Å²) in [4.78, 5) is 2.52. The maximum absolute atomic E-state index is 13.0. The van der Waals surface area contributed by atoms with Gasteiger partial charge in [-0.05, 0) is 62.9 Å². The number of hydrogen-bond acceptors (Lipinski definition) is 5. The van der Waals surface area contributed by atoms with Crippen molar-refractivity contribution in [3.05, 3.63) is 59.7 Å². The molecule has 0 aliphatic carbocycles. The Morgan fingerprint density at radius 1 is 1.13 bits per heavy atom. The van der Waals surface area contributed by atoms with E-state index in [9.17, 15) is 18.6 Å². The van der Waals surface area contributed by atoms with E-state index in [1.807, 2.05) is 31.2 Å². The summed E-state index contributed by atoms with van der Waals surface area (Å²) in [5.41, 5.74) is 1.37. The number of anilines is 1. The average molecular weight is 442 g/mol. The molecule has 166 valence electrons. The smallest absolute Gasteiger partial charge is 0.181 e. The summed E-state index contributed by atoms with van der Waals surface area (Å²) in [5.74, 6) is 5.93. The van der Waals surface area contributed by atoms with Gasteiger partial charge in [-0.1, -0.05) is 43.0 Å². The standard InChI is InChI=1S/C25H31NO4S/c1-4-21(27)12-10-19-18-20(25(2,3)28)11-13-24(19)26-16-14-23(15-17-26)31(29,30)22-8-6-5-7-9-22/h5-9,11,13,18,21,23,27-28H,4,14-17H2,1-3H3/t21-/m1/s1. The average Bonchev–Trinajstić information content (AvgIpc) is 2.77. The predicted octanol–water partition coefficient (Wildman–Crippen LogP) is 3.48. The minimum Gasteiger partial charge on any atom is -0.386 e. The summed E-state index contributed by atoms with van der Waals surface area (Å²) in [6.45, 7) is 6.51. The molecule has 1 aliphatic rings. The largest absolute Gasteiger partial charge is 0.386 e. The van der Waals surface area contributed by atoms with Gasteiger partial charge in [0, 0.05) is 18.7 Å². The third-order valence-corrected chi connectivity index (χ3v) is 8.03. The van der Waals surface area contributed by atoms with Crippen molar-refractivity contribution in [3.63, 3.8) is 0 Å². The molecule has 1 saturated heterocycles. The number of piperidine rings is 1. The zero-order chi connectivity index (χ0) is 22.6. The van der Waals surface area contributed by atoms with Crippen molar-refractivity contribution in [3.8, 4) is 11.8 Å². The first kappa shape index (κ1) is 23.3. The molecule has 1 fully saturated rings. The van der Waals surface area contributed by atoms with Crippen LogP contribution in [0.15, 0.2) is 53.4 Å². The second-order valence-corrected chi connectivity index (χ2v) is 10.8. The zero-order valence-electron chi connectivity index (χ0n) is 18.4. The zero-order valence-corrected chi connectivity index (χ0v) is 19.2. The van der Waals surface area contributed by atoms with Crippen LogP contribution in [-0.2, 0) is 15.4 Å². The number of aliphatic hydroxyl groups excluding tert-OH is 1. The molecule has 2 N–H and O–H groups in total. The molecule has 1 heterocycles. The van der Waals surface area contributed by atoms with E-state index in [0.29, 0.717) is 37.2 Å². The highest BCUT2D eigenvalue weighted by Crippen LogP contribution is 2.31. The summed E-state index contributed by atoms with van der Waals surface area (Å²) >= 11 is 0. The van der Waals surface area contributed by atoms with Crippen LogP contribution in [0.25, 0.3) is 0 Å². The van der Waals surface area contributed by atoms with Crippen LogP contribution in [0.3, 0.4) is 0 Å². The second-order valence-electron chi connectivity index (χ2n) is 8.53. The minimum absolute atomic E-state index is 0.378. The lowest BCUT2D eigenvalue weighted by atomic mass is 9.95. The summed E-state index contributed by atoms with van der Waals surface area (Å²) in [6.07, 6.45) is 0.903. The lowest BCUT2D eigenvalue weighted by molar-refractivity contribution is 0.0786. The molecule has 6 heteroatoms. The lowest BCUT2D eigenvalue weighted by Gasteiger charge is -2.34. The molecule has 0 bridgehead atoms. The normalized spacial score (nSPS) is 16.5. The fourth-order valence-electron chi connectivity index (χ4n) is 3.77. The number of rotatable bonds is 5. The van der Waals surface area contributed by atoms with Gasteiger partial charge in [0.05, 0.1) is 21.4 Å². The van der Waals surface area contributed by atoms with Crippen LogP contribution in [0.2, 0.25) is 0 Å². The molecule has 0 radical (unpaired) electrons. The first-order valence-electron chi connectivity index (χ1n) is 10.7. The lowest BCUT2D eigenvalue weighted by Crippen LogP contribution is -2.39. The maximum Gasteiger partial charge on any atom is 0.181 e. The Morgan fingerprint density at radius 3 is 2.35 bits per heavy atom. The van der Waals surface area contributed by atoms with Crippen molar-refractivity contribution < 1.29 is 18.6 Å². The van der Waals surface area contributed by atoms with Gasteiger partial charge in [-0.15, -0.1) is 0 Å². The van der Waals surface area contributed by atoms with Gasteiger partial charge in [0.2, 0.25) is 0 Å². The van der Waals surface area contributed by atoms with Crippen LogP contribution in [-0.4, -0.2) is 43.1 Å². The van der Waals surface area contributed by atoms with Gasteiger partial charge < -0.3 is 15.1 Å². The molecule has 2 aromatic rings. The molecule has 5 nitrogen and oxygen atoms in total. The quantitative estimate of drug-likeness (QED) is 0.695. The monoisotopic (exact) mass is 441 g/mol. The SMILES string of the molecule is CC[C@@H](O)C#Cc1cc(C(C)(C)O)ccc1N1CCC(S(=O)(=O)c2ccccc2)CC1. The van der Waals surface area contributed by atoms with Crippen molar-refractivity contribution in [1.29, 1.82) is 0 Å². The number of benzene rings is 2. The van der Waals surface area contributed by atoms with Gasteiger partial charge in [-0.25, -0.2) is 8.42 Å². The summed E-state index contributed by atoms with van der Waals surface area (Å²) in [6, 6.07) is 14.3. The van der Waals surface area contributed by atoms with Crippen molar-refractivity contribution >= 4 is 15.5 Å². The highest BCUT2D eigenvalue weighted by Gasteiger charge is 2.32. The molecule has 0 aromatic heterocycles. The van der Waals surface area contributed by atoms with E-state index in [-0.39, 0.29) is 0 Å². The Bertz CT molecular complexity index is 1050. The van der Waals surface area contributed by atoms with E-state index < -0.39 is 26.8 Å². The predicted molar refractivity (Wildman–Crippen MR) is 124 cm³/mol. The van der Waals surface area contributed by atoms with Crippen LogP contribution in [0.1, 0.15) is 51.2 Å². The van der Waals surface area contributed by atoms with Crippen LogP contribution >= 0.6 is 0 Å². The summed E-state index contributed by atoms with van der Waals surface area (Å²) in [5, 5.41) is 19.9. The number of hydrogen-bond donors (Lipinski definition) is 2. The molecule has 0 saturated carbocycles. The molecule has 0 amide bonds. The van der Waals surface area contributed by atoms with Gasteiger partial charge in [0.15, 0.2) is 9.84 Å². The fourth-order valence-corrected chi connectivity index (χ4v) is 5.52. The van der Waals surface area contributed by atoms with Gasteiger partial charge in [-0.2, -0.15) is 0 Å². The topological polar surface area (TPSA) is 77.8 Å². The van der Waals surface area contributed by atoms with E-state index in [4.69, 9.17) is 0 Å². The fraction of sp³-hybridized carbons (Fsp3) is 0.440. The highest BCUT2D eigenvalue weighted by molar-refractivity contribution is 7.92. The third kappa shape index (κ3) is 5.48. The van der Waals surface area contributed by atoms with Crippen molar-refractivity contribution in [1.82, 2.24) is 0 Å². The Hall–Kier alpha value is -2.33. The van der Waals surface area contributed by atoms with Crippen LogP contribution in [0.4, 0.5) is 5.69 Å². The Labute approximate surface area is 185 Å². The van der Waals surface area contributed by atoms with E-state index >= 15 is 0 Å². The van der Waals surface area contributed by atoms with E-state index in [0.717, 1.165) is 16.8 Å². The molecule has 0 spiro atoms. The van der Waals surface area contributed by atoms with Crippen molar-refractivity contribution in [2.24, 2.45) is 0 Å². The Balaban J connectivity index is 1.84. The molecule has 31 heavy (non-hydrogen) atoms. The van der Waals surface area contributed by atoms with Crippen molar-refractivity contribution in [2.75, 3.05) is 18.0 Å². The molecule has 1 atom stereocenters. The molecule has 3 rings (SSSR count). The van der Waals surface area contributed by atoms with E-state index in [1.165, 1.54) is 0 Å². The molecule has 0 unspecified atom stereocenters. The molecule has 1 aliphatic heterocycles. The Morgan fingerprint density at radius 2 is 1.77 bits per heavy atom. The highest BCUT2D eigenvalue weighted by atomic mass is 32.2. The van der Waals surface area contributed by atoms with Crippen LogP contribution in [0, 0.1) is 11.8 Å². The van der Waals surface area contributed by atoms with Gasteiger partial charge in [0.25, 0.3) is 0 Å². The maximum atomic E-state index is 13.0. The molecular formula is C25H31NO4S. The third-order valence-electron chi connectivity index (χ3n) is 5.76. The number of nitrogens with zero attached hydrogens (tertiary/aromatic N) is 1. The van der Waals surface area contributed by atoms with Crippen molar-refractivity contribution in [2.45, 2.75) is 61.9 Å². The van der Waals surface area contributed by atoms with E-state index in [1.54, 1.807) is 38.1 Å². The minimum atomic E-state index is -3.35. The summed E-state index contributed by atoms with van der Waals surface area (Å²) < 4.78 is 25.9. The van der Waals surface area contributed by atoms with E-state index in [2.05, 4.69) is 16.7 Å².